The van der Waals surface area contributed by atoms with Gasteiger partial charge in [-0.05, 0) is 65.5 Å². The fraction of sp³-hybridized carbons (Fsp3) is 0.760. The maximum absolute atomic E-state index is 13.7. The fourth-order valence-electron chi connectivity index (χ4n) is 5.05. The van der Waals surface area contributed by atoms with E-state index < -0.39 is 48.1 Å². The molecule has 2 rings (SSSR count). The van der Waals surface area contributed by atoms with Gasteiger partial charge in [-0.15, -0.1) is 11.3 Å². The second-order valence-corrected chi connectivity index (χ2v) is 15.3. The van der Waals surface area contributed by atoms with E-state index in [9.17, 15) is 26.4 Å². The highest BCUT2D eigenvalue weighted by Crippen LogP contribution is 2.43. The van der Waals surface area contributed by atoms with Crippen LogP contribution < -0.4 is 10.0 Å². The minimum atomic E-state index is -4.26. The van der Waals surface area contributed by atoms with E-state index in [1.165, 1.54) is 13.0 Å². The Bertz CT molecular complexity index is 1200. The lowest BCUT2D eigenvalue weighted by molar-refractivity contribution is -0.161. The SMILES string of the molecule is CCN[C@H]1C[C@H](C)S(=O)(=O)c2sc(S(=O)(=O)NC(CC)(CC)C(=O)[C@@H](C)OC(CC)(CC)C(C)=O)cc21. The normalized spacial score (nSPS) is 20.9. The van der Waals surface area contributed by atoms with E-state index in [0.29, 0.717) is 31.4 Å². The molecule has 0 radical (unpaired) electrons. The number of rotatable bonds is 14. The Kier molecular flexibility index (Phi) is 10.3. The van der Waals surface area contributed by atoms with Crippen molar-refractivity contribution in [3.63, 3.8) is 0 Å². The number of sulfonamides is 1. The molecular weight excluding hydrogens is 536 g/mol. The Hall–Kier alpha value is -1.18. The van der Waals surface area contributed by atoms with Gasteiger partial charge in [-0.1, -0.05) is 34.6 Å². The maximum atomic E-state index is 13.7. The Morgan fingerprint density at radius 2 is 1.70 bits per heavy atom. The van der Waals surface area contributed by atoms with Crippen molar-refractivity contribution in [2.45, 2.75) is 124 Å². The van der Waals surface area contributed by atoms with E-state index in [0.717, 1.165) is 11.3 Å². The van der Waals surface area contributed by atoms with Crippen molar-refractivity contribution < 1.29 is 31.2 Å². The summed E-state index contributed by atoms with van der Waals surface area (Å²) in [6, 6.07) is 1.13. The first-order valence-electron chi connectivity index (χ1n) is 13.0. The number of Topliss-reactive ketones (excluding diaryl/α,β-unsaturated/α-hetero) is 2. The van der Waals surface area contributed by atoms with Crippen LogP contribution in [0.3, 0.4) is 0 Å². The number of hydrogen-bond donors (Lipinski definition) is 2. The second kappa shape index (κ2) is 11.9. The predicted octanol–water partition coefficient (Wildman–Crippen LogP) is 3.92. The zero-order chi connectivity index (χ0) is 28.4. The molecule has 9 nitrogen and oxygen atoms in total. The van der Waals surface area contributed by atoms with Crippen LogP contribution in [0.4, 0.5) is 0 Å². The minimum Gasteiger partial charge on any atom is -0.356 e. The van der Waals surface area contributed by atoms with Crippen LogP contribution in [0.1, 0.15) is 99.1 Å². The third kappa shape index (κ3) is 6.04. The summed E-state index contributed by atoms with van der Waals surface area (Å²) in [6.07, 6.45) is 0.382. The standard InChI is InChI=1S/C25H42N2O7S3/c1-9-24(10-2,22(29)17(7)34-25(11-3,12-4)18(8)28)27-37(32,33)21-15-19-20(26-13-5)14-16(6)36(30,31)23(19)35-21/h15-17,20,26-27H,9-14H2,1-8H3/t16-,17+,20-/m0/s1. The van der Waals surface area contributed by atoms with Gasteiger partial charge < -0.3 is 10.1 Å². The van der Waals surface area contributed by atoms with Crippen LogP contribution in [0.5, 0.6) is 0 Å². The zero-order valence-corrected chi connectivity index (χ0v) is 25.6. The Morgan fingerprint density at radius 1 is 1.14 bits per heavy atom. The number of nitrogens with one attached hydrogen (secondary N) is 2. The topological polar surface area (TPSA) is 136 Å². The predicted molar refractivity (Wildman–Crippen MR) is 145 cm³/mol. The molecular formula is C25H42N2O7S3. The minimum absolute atomic E-state index is 0.0522. The van der Waals surface area contributed by atoms with Crippen molar-refractivity contribution in [1.29, 1.82) is 0 Å². The van der Waals surface area contributed by atoms with Gasteiger partial charge in [0.05, 0.1) is 10.8 Å². The van der Waals surface area contributed by atoms with Crippen LogP contribution >= 0.6 is 11.3 Å². The summed E-state index contributed by atoms with van der Waals surface area (Å²) in [5, 5.41) is 2.60. The molecule has 2 heterocycles. The Balaban J connectivity index is 2.48. The number of thiophene rings is 1. The van der Waals surface area contributed by atoms with E-state index in [1.54, 1.807) is 27.7 Å². The molecule has 1 aliphatic heterocycles. The van der Waals surface area contributed by atoms with Gasteiger partial charge in [0.25, 0.3) is 10.0 Å². The molecule has 3 atom stereocenters. The van der Waals surface area contributed by atoms with Crippen LogP contribution in [0.15, 0.2) is 14.5 Å². The molecule has 12 heteroatoms. The molecule has 1 aliphatic rings. The number of sulfone groups is 1. The van der Waals surface area contributed by atoms with Crippen LogP contribution in [-0.2, 0) is 34.2 Å². The Labute approximate surface area is 226 Å². The molecule has 37 heavy (non-hydrogen) atoms. The molecule has 0 saturated heterocycles. The van der Waals surface area contributed by atoms with Crippen molar-refractivity contribution in [1.82, 2.24) is 10.0 Å². The van der Waals surface area contributed by atoms with Gasteiger partial charge >= 0.3 is 0 Å². The van der Waals surface area contributed by atoms with Crippen LogP contribution in [0.25, 0.3) is 0 Å². The molecule has 1 aromatic rings. The lowest BCUT2D eigenvalue weighted by Gasteiger charge is -2.37. The second-order valence-electron chi connectivity index (χ2n) is 9.79. The van der Waals surface area contributed by atoms with Gasteiger partial charge in [-0.3, -0.25) is 9.59 Å². The number of carbonyl (C=O) groups excluding carboxylic acids is 2. The molecule has 0 bridgehead atoms. The third-order valence-corrected chi connectivity index (χ3v) is 13.6. The molecule has 0 amide bonds. The number of fused-ring (bicyclic) bond motifs is 1. The summed E-state index contributed by atoms with van der Waals surface area (Å²) in [6.45, 7) is 14.1. The van der Waals surface area contributed by atoms with Gasteiger partial charge in [0, 0.05) is 11.6 Å². The highest BCUT2D eigenvalue weighted by atomic mass is 32.3. The first-order valence-corrected chi connectivity index (χ1v) is 16.8. The summed E-state index contributed by atoms with van der Waals surface area (Å²) in [4.78, 5) is 26.0. The highest BCUT2D eigenvalue weighted by molar-refractivity contribution is 7.95. The monoisotopic (exact) mass is 578 g/mol. The zero-order valence-electron chi connectivity index (χ0n) is 23.1. The molecule has 212 valence electrons. The number of carbonyl (C=O) groups is 2. The Morgan fingerprint density at radius 3 is 2.16 bits per heavy atom. The van der Waals surface area contributed by atoms with Crippen LogP contribution in [0.2, 0.25) is 0 Å². The average Bonchev–Trinajstić information content (AvgIpc) is 3.32. The first kappa shape index (κ1) is 32.0. The number of hydrogen-bond acceptors (Lipinski definition) is 9. The van der Waals surface area contributed by atoms with E-state index in [2.05, 4.69) is 10.0 Å². The lowest BCUT2D eigenvalue weighted by Crippen LogP contribution is -2.58. The fourth-order valence-corrected chi connectivity index (χ4v) is 10.6. The summed E-state index contributed by atoms with van der Waals surface area (Å²) in [5.74, 6) is -0.659. The molecule has 0 saturated carbocycles. The van der Waals surface area contributed by atoms with Gasteiger partial charge in [0.1, 0.15) is 20.1 Å². The smallest absolute Gasteiger partial charge is 0.251 e. The molecule has 0 fully saturated rings. The quantitative estimate of drug-likeness (QED) is 0.339. The van der Waals surface area contributed by atoms with E-state index in [1.807, 2.05) is 20.8 Å². The van der Waals surface area contributed by atoms with E-state index in [-0.39, 0.29) is 33.1 Å². The van der Waals surface area contributed by atoms with Gasteiger partial charge in [-0.2, -0.15) is 4.72 Å². The molecule has 0 spiro atoms. The van der Waals surface area contributed by atoms with Gasteiger partial charge in [0.15, 0.2) is 21.4 Å². The third-order valence-electron chi connectivity index (χ3n) is 7.71. The lowest BCUT2D eigenvalue weighted by atomic mass is 9.85. The molecule has 2 N–H and O–H groups in total. The van der Waals surface area contributed by atoms with Crippen LogP contribution in [0, 0.1) is 0 Å². The van der Waals surface area contributed by atoms with Gasteiger partial charge in [0.2, 0.25) is 0 Å². The average molecular weight is 579 g/mol. The molecule has 1 aromatic heterocycles. The van der Waals surface area contributed by atoms with E-state index >= 15 is 0 Å². The number of ether oxygens (including phenoxy) is 1. The summed E-state index contributed by atoms with van der Waals surface area (Å²) in [7, 11) is -7.92. The van der Waals surface area contributed by atoms with Crippen molar-refractivity contribution in [3.05, 3.63) is 11.6 Å². The van der Waals surface area contributed by atoms with Crippen molar-refractivity contribution in [3.8, 4) is 0 Å². The van der Waals surface area contributed by atoms with Crippen LogP contribution in [-0.4, -0.2) is 57.4 Å². The molecule has 0 aliphatic carbocycles. The molecule has 0 aromatic carbocycles. The highest BCUT2D eigenvalue weighted by Gasteiger charge is 2.46. The van der Waals surface area contributed by atoms with Gasteiger partial charge in [-0.25, -0.2) is 16.8 Å². The summed E-state index contributed by atoms with van der Waals surface area (Å²) < 4.78 is 61.8. The molecule has 0 unspecified atom stereocenters. The van der Waals surface area contributed by atoms with Crippen molar-refractivity contribution >= 4 is 42.8 Å². The van der Waals surface area contributed by atoms with Crippen molar-refractivity contribution in [2.75, 3.05) is 6.54 Å². The maximum Gasteiger partial charge on any atom is 0.251 e. The summed E-state index contributed by atoms with van der Waals surface area (Å²) >= 11 is 0.720. The van der Waals surface area contributed by atoms with Crippen molar-refractivity contribution in [2.24, 2.45) is 0 Å². The summed E-state index contributed by atoms with van der Waals surface area (Å²) in [5.41, 5.74) is -2.16. The first-order chi connectivity index (χ1) is 17.1. The largest absolute Gasteiger partial charge is 0.356 e. The number of ketones is 2. The van der Waals surface area contributed by atoms with E-state index in [4.69, 9.17) is 4.74 Å².